The second-order valence-electron chi connectivity index (χ2n) is 7.18. The van der Waals surface area contributed by atoms with Crippen molar-refractivity contribution in [3.05, 3.63) is 42.6 Å². The summed E-state index contributed by atoms with van der Waals surface area (Å²) in [5.74, 6) is 0.889. The van der Waals surface area contributed by atoms with E-state index in [9.17, 15) is 21.6 Å². The van der Waals surface area contributed by atoms with Crippen LogP contribution in [0.3, 0.4) is 0 Å². The Morgan fingerprint density at radius 1 is 1.17 bits per heavy atom. The molecule has 30 heavy (non-hydrogen) atoms. The number of hydrogen-bond donors (Lipinski definition) is 1. The Morgan fingerprint density at radius 3 is 2.67 bits per heavy atom. The Balaban J connectivity index is 1.53. The van der Waals surface area contributed by atoms with Gasteiger partial charge in [-0.15, -0.1) is 18.3 Å². The molecule has 1 aliphatic rings. The zero-order chi connectivity index (χ0) is 21.4. The minimum absolute atomic E-state index is 0.202. The number of benzene rings is 1. The van der Waals surface area contributed by atoms with E-state index in [0.717, 1.165) is 0 Å². The fourth-order valence-electron chi connectivity index (χ4n) is 3.41. The minimum Gasteiger partial charge on any atom is -0.406 e. The lowest BCUT2D eigenvalue weighted by molar-refractivity contribution is -0.274. The van der Waals surface area contributed by atoms with Crippen LogP contribution in [0.15, 0.2) is 42.6 Å². The van der Waals surface area contributed by atoms with Gasteiger partial charge < -0.3 is 10.1 Å². The molecule has 0 spiro atoms. The SMILES string of the molecule is O=S1(=O)CCC(CNc2ccc3ncc(-c4cccc(OC(F)(F)F)c4)n3n2)CC1. The molecule has 0 atom stereocenters. The third-order valence-corrected chi connectivity index (χ3v) is 6.69. The van der Waals surface area contributed by atoms with Gasteiger partial charge in [0.15, 0.2) is 5.65 Å². The van der Waals surface area contributed by atoms with Crippen LogP contribution in [0, 0.1) is 5.92 Å². The monoisotopic (exact) mass is 440 g/mol. The smallest absolute Gasteiger partial charge is 0.406 e. The highest BCUT2D eigenvalue weighted by atomic mass is 32.2. The summed E-state index contributed by atoms with van der Waals surface area (Å²) in [5.41, 5.74) is 1.54. The van der Waals surface area contributed by atoms with Crippen LogP contribution in [-0.2, 0) is 9.84 Å². The summed E-state index contributed by atoms with van der Waals surface area (Å²) in [5, 5.41) is 7.71. The van der Waals surface area contributed by atoms with E-state index in [-0.39, 0.29) is 23.2 Å². The molecular weight excluding hydrogens is 421 g/mol. The largest absolute Gasteiger partial charge is 0.573 e. The standard InChI is InChI=1S/C19H19F3N4O3S/c20-19(21,22)29-15-3-1-2-14(10-15)16-12-24-18-5-4-17(25-26(16)18)23-11-13-6-8-30(27,28)9-7-13/h1-5,10,12-13H,6-9,11H2,(H,23,25). The molecule has 0 bridgehead atoms. The molecule has 1 aliphatic heterocycles. The number of fused-ring (bicyclic) bond motifs is 1. The maximum Gasteiger partial charge on any atom is 0.573 e. The number of nitrogens with one attached hydrogen (secondary N) is 1. The second-order valence-corrected chi connectivity index (χ2v) is 9.49. The number of anilines is 1. The molecule has 4 rings (SSSR count). The number of alkyl halides is 3. The Kier molecular flexibility index (Phi) is 5.31. The van der Waals surface area contributed by atoms with Crippen molar-refractivity contribution in [1.29, 1.82) is 0 Å². The molecule has 1 N–H and O–H groups in total. The highest BCUT2D eigenvalue weighted by Gasteiger charge is 2.31. The predicted molar refractivity (Wildman–Crippen MR) is 105 cm³/mol. The summed E-state index contributed by atoms with van der Waals surface area (Å²) in [4.78, 5) is 4.25. The summed E-state index contributed by atoms with van der Waals surface area (Å²) in [6.07, 6.45) is -2.02. The number of sulfone groups is 1. The molecule has 3 heterocycles. The molecule has 0 unspecified atom stereocenters. The lowest BCUT2D eigenvalue weighted by Gasteiger charge is -2.22. The van der Waals surface area contributed by atoms with Crippen molar-refractivity contribution < 1.29 is 26.3 Å². The van der Waals surface area contributed by atoms with Gasteiger partial charge in [-0.3, -0.25) is 0 Å². The first kappa shape index (κ1) is 20.5. The Morgan fingerprint density at radius 2 is 1.93 bits per heavy atom. The van der Waals surface area contributed by atoms with E-state index in [4.69, 9.17) is 0 Å². The minimum atomic E-state index is -4.77. The normalized spacial score (nSPS) is 17.2. The lowest BCUT2D eigenvalue weighted by atomic mass is 10.0. The molecule has 0 saturated carbocycles. The maximum absolute atomic E-state index is 12.5. The predicted octanol–water partition coefficient (Wildman–Crippen LogP) is 3.53. The van der Waals surface area contributed by atoms with E-state index in [2.05, 4.69) is 20.1 Å². The van der Waals surface area contributed by atoms with Gasteiger partial charge in [-0.05, 0) is 43.0 Å². The van der Waals surface area contributed by atoms with Crippen molar-refractivity contribution in [2.75, 3.05) is 23.4 Å². The van der Waals surface area contributed by atoms with Gasteiger partial charge in [0.25, 0.3) is 0 Å². The van der Waals surface area contributed by atoms with Crippen LogP contribution in [0.2, 0.25) is 0 Å². The van der Waals surface area contributed by atoms with Crippen molar-refractivity contribution in [3.63, 3.8) is 0 Å². The molecule has 3 aromatic rings. The molecule has 1 saturated heterocycles. The highest BCUT2D eigenvalue weighted by molar-refractivity contribution is 7.91. The van der Waals surface area contributed by atoms with Crippen LogP contribution in [0.25, 0.3) is 16.9 Å². The van der Waals surface area contributed by atoms with Crippen molar-refractivity contribution in [1.82, 2.24) is 14.6 Å². The van der Waals surface area contributed by atoms with Crippen LogP contribution in [0.1, 0.15) is 12.8 Å². The van der Waals surface area contributed by atoms with Gasteiger partial charge >= 0.3 is 6.36 Å². The first-order valence-electron chi connectivity index (χ1n) is 9.34. The average molecular weight is 440 g/mol. The maximum atomic E-state index is 12.5. The van der Waals surface area contributed by atoms with Gasteiger partial charge in [0, 0.05) is 12.1 Å². The number of imidazole rings is 1. The fraction of sp³-hybridized carbons (Fsp3) is 0.368. The van der Waals surface area contributed by atoms with Crippen molar-refractivity contribution in [3.8, 4) is 17.0 Å². The topological polar surface area (TPSA) is 85.6 Å². The number of aromatic nitrogens is 3. The van der Waals surface area contributed by atoms with E-state index < -0.39 is 16.2 Å². The van der Waals surface area contributed by atoms with Gasteiger partial charge in [-0.1, -0.05) is 12.1 Å². The van der Waals surface area contributed by atoms with Crippen molar-refractivity contribution >= 4 is 21.3 Å². The van der Waals surface area contributed by atoms with E-state index in [0.29, 0.717) is 42.1 Å². The van der Waals surface area contributed by atoms with E-state index >= 15 is 0 Å². The van der Waals surface area contributed by atoms with Gasteiger partial charge in [-0.25, -0.2) is 17.9 Å². The summed E-state index contributed by atoms with van der Waals surface area (Å²) >= 11 is 0. The molecule has 7 nitrogen and oxygen atoms in total. The zero-order valence-electron chi connectivity index (χ0n) is 15.8. The summed E-state index contributed by atoms with van der Waals surface area (Å²) in [6, 6.07) is 9.13. The van der Waals surface area contributed by atoms with Gasteiger partial charge in [0.1, 0.15) is 21.4 Å². The molecule has 1 aromatic carbocycles. The first-order valence-corrected chi connectivity index (χ1v) is 11.2. The van der Waals surface area contributed by atoms with E-state index in [1.54, 1.807) is 22.7 Å². The van der Waals surface area contributed by atoms with Crippen LogP contribution in [0.5, 0.6) is 5.75 Å². The van der Waals surface area contributed by atoms with E-state index in [1.807, 2.05) is 0 Å². The summed E-state index contributed by atoms with van der Waals surface area (Å²) < 4.78 is 66.2. The van der Waals surface area contributed by atoms with Crippen LogP contribution < -0.4 is 10.1 Å². The molecule has 11 heteroatoms. The number of halogens is 3. The molecule has 0 radical (unpaired) electrons. The van der Waals surface area contributed by atoms with Gasteiger partial charge in [0.2, 0.25) is 0 Å². The lowest BCUT2D eigenvalue weighted by Crippen LogP contribution is -2.27. The first-order chi connectivity index (χ1) is 14.2. The Hall–Kier alpha value is -2.82. The molecule has 2 aromatic heterocycles. The number of rotatable bonds is 5. The van der Waals surface area contributed by atoms with Crippen LogP contribution >= 0.6 is 0 Å². The van der Waals surface area contributed by atoms with Crippen molar-refractivity contribution in [2.45, 2.75) is 19.2 Å². The van der Waals surface area contributed by atoms with Gasteiger partial charge in [-0.2, -0.15) is 0 Å². The third kappa shape index (κ3) is 4.84. The van der Waals surface area contributed by atoms with E-state index in [1.165, 1.54) is 24.4 Å². The fourth-order valence-corrected chi connectivity index (χ4v) is 5.00. The third-order valence-electron chi connectivity index (χ3n) is 4.97. The Bertz CT molecular complexity index is 1150. The summed E-state index contributed by atoms with van der Waals surface area (Å²) in [7, 11) is -2.91. The Labute approximate surface area is 170 Å². The van der Waals surface area contributed by atoms with Crippen LogP contribution in [0.4, 0.5) is 19.0 Å². The van der Waals surface area contributed by atoms with Crippen LogP contribution in [-0.4, -0.2) is 47.4 Å². The second kappa shape index (κ2) is 7.78. The van der Waals surface area contributed by atoms with Gasteiger partial charge in [0.05, 0.1) is 23.4 Å². The molecule has 0 aliphatic carbocycles. The molecular formula is C19H19F3N4O3S. The van der Waals surface area contributed by atoms with Crippen molar-refractivity contribution in [2.24, 2.45) is 5.92 Å². The molecule has 160 valence electrons. The quantitative estimate of drug-likeness (QED) is 0.653. The zero-order valence-corrected chi connectivity index (χ0v) is 16.6. The number of ether oxygens (including phenoxy) is 1. The average Bonchev–Trinajstić information content (AvgIpc) is 3.09. The number of nitrogens with zero attached hydrogens (tertiary/aromatic N) is 3. The molecule has 0 amide bonds. The molecule has 1 fully saturated rings. The number of hydrogen-bond acceptors (Lipinski definition) is 6. The summed E-state index contributed by atoms with van der Waals surface area (Å²) in [6.45, 7) is 0.590. The highest BCUT2D eigenvalue weighted by Crippen LogP contribution is 2.28.